The molecule has 1 amide bonds. The van der Waals surface area contributed by atoms with Gasteiger partial charge in [-0.05, 0) is 67.8 Å². The zero-order valence-corrected chi connectivity index (χ0v) is 20.2. The molecule has 6 nitrogen and oxygen atoms in total. The molecule has 0 radical (unpaired) electrons. The first-order valence-electron chi connectivity index (χ1n) is 11.6. The lowest BCUT2D eigenvalue weighted by Gasteiger charge is -2.28. The van der Waals surface area contributed by atoms with Crippen molar-refractivity contribution in [2.45, 2.75) is 39.3 Å². The number of rotatable bonds is 4. The summed E-state index contributed by atoms with van der Waals surface area (Å²) in [6.07, 6.45) is 0.759. The Hall–Kier alpha value is -4.06. The van der Waals surface area contributed by atoms with Crippen molar-refractivity contribution in [2.24, 2.45) is 0 Å². The van der Waals surface area contributed by atoms with Crippen LogP contribution in [0.5, 0.6) is 11.5 Å². The molecule has 1 fully saturated rings. The molecule has 5 rings (SSSR count). The normalized spacial score (nSPS) is 20.6. The van der Waals surface area contributed by atoms with E-state index in [1.807, 2.05) is 63.2 Å². The quantitative estimate of drug-likeness (QED) is 0.320. The summed E-state index contributed by atoms with van der Waals surface area (Å²) in [7, 11) is 1.55. The number of hydrogen-bond donors (Lipinski definition) is 1. The van der Waals surface area contributed by atoms with E-state index in [-0.39, 0.29) is 17.4 Å². The second kappa shape index (κ2) is 8.62. The van der Waals surface area contributed by atoms with Gasteiger partial charge in [0.05, 0.1) is 18.7 Å². The third-order valence-corrected chi connectivity index (χ3v) is 6.67. The highest BCUT2D eigenvalue weighted by molar-refractivity contribution is 6.51. The summed E-state index contributed by atoms with van der Waals surface area (Å²) in [4.78, 5) is 28.5. The number of para-hydroxylation sites is 1. The minimum atomic E-state index is -0.852. The minimum absolute atomic E-state index is 0.0346. The smallest absolute Gasteiger partial charge is 0.300 e. The van der Waals surface area contributed by atoms with Crippen molar-refractivity contribution in [3.8, 4) is 11.5 Å². The molecule has 0 aromatic heterocycles. The van der Waals surface area contributed by atoms with Gasteiger partial charge < -0.3 is 14.6 Å². The molecule has 1 saturated heterocycles. The van der Waals surface area contributed by atoms with Crippen LogP contribution in [-0.4, -0.2) is 30.0 Å². The number of anilines is 1. The maximum absolute atomic E-state index is 13.5. The van der Waals surface area contributed by atoms with E-state index in [1.165, 1.54) is 4.90 Å². The van der Waals surface area contributed by atoms with Crippen LogP contribution in [0, 0.1) is 13.8 Å². The lowest BCUT2D eigenvalue weighted by atomic mass is 9.93. The number of aliphatic hydroxyl groups is 1. The Morgan fingerprint density at radius 3 is 2.60 bits per heavy atom. The number of ketones is 1. The Labute approximate surface area is 204 Å². The van der Waals surface area contributed by atoms with Gasteiger partial charge in [0.25, 0.3) is 11.7 Å². The van der Waals surface area contributed by atoms with Gasteiger partial charge in [0, 0.05) is 23.2 Å². The number of carbonyl (C=O) groups excluding carboxylic acids is 2. The number of Topliss-reactive ketones (excluding diaryl/α,β-unsaturated/α-hetero) is 1. The van der Waals surface area contributed by atoms with Gasteiger partial charge in [0.1, 0.15) is 23.4 Å². The maximum Gasteiger partial charge on any atom is 0.300 e. The third kappa shape index (κ3) is 3.75. The highest BCUT2D eigenvalue weighted by Crippen LogP contribution is 2.46. The van der Waals surface area contributed by atoms with Crippen molar-refractivity contribution >= 4 is 23.1 Å². The van der Waals surface area contributed by atoms with E-state index < -0.39 is 17.7 Å². The number of aliphatic hydroxyl groups excluding tert-OH is 1. The fourth-order valence-corrected chi connectivity index (χ4v) is 4.97. The van der Waals surface area contributed by atoms with Crippen LogP contribution in [0.4, 0.5) is 5.69 Å². The summed E-state index contributed by atoms with van der Waals surface area (Å²) in [6.45, 7) is 5.82. The van der Waals surface area contributed by atoms with Crippen molar-refractivity contribution in [3.63, 3.8) is 0 Å². The van der Waals surface area contributed by atoms with Gasteiger partial charge in [-0.25, -0.2) is 0 Å². The molecule has 178 valence electrons. The summed E-state index contributed by atoms with van der Waals surface area (Å²) >= 11 is 0. The third-order valence-electron chi connectivity index (χ3n) is 6.67. The minimum Gasteiger partial charge on any atom is -0.507 e. The van der Waals surface area contributed by atoms with Crippen LogP contribution in [0.3, 0.4) is 0 Å². The molecule has 6 heteroatoms. The van der Waals surface area contributed by atoms with E-state index in [2.05, 4.69) is 0 Å². The molecule has 3 aromatic rings. The van der Waals surface area contributed by atoms with Crippen molar-refractivity contribution < 1.29 is 24.2 Å². The van der Waals surface area contributed by atoms with E-state index in [1.54, 1.807) is 25.3 Å². The predicted molar refractivity (Wildman–Crippen MR) is 134 cm³/mol. The lowest BCUT2D eigenvalue weighted by molar-refractivity contribution is -0.132. The summed E-state index contributed by atoms with van der Waals surface area (Å²) in [5.41, 5.74) is 4.51. The molecule has 35 heavy (non-hydrogen) atoms. The lowest BCUT2D eigenvalue weighted by Crippen LogP contribution is -2.30. The molecule has 1 N–H and O–H groups in total. The average Bonchev–Trinajstić information content (AvgIpc) is 3.35. The van der Waals surface area contributed by atoms with E-state index in [4.69, 9.17) is 9.47 Å². The standard InChI is InChI=1S/C29H27NO5/c1-16-9-10-17(2)22(13-16)30-26(21-7-5-6-8-24(21)34-4)25(28(32)29(30)33)27(31)19-11-12-23-20(15-19)14-18(3)35-23/h5-13,15,18,26,31H,14H2,1-4H3/b27-25+. The Bertz CT molecular complexity index is 1390. The number of methoxy groups -OCH3 is 1. The second-order valence-electron chi connectivity index (χ2n) is 9.16. The fraction of sp³-hybridized carbons (Fsp3) is 0.241. The van der Waals surface area contributed by atoms with Gasteiger partial charge in [-0.2, -0.15) is 0 Å². The highest BCUT2D eigenvalue weighted by Gasteiger charge is 2.48. The van der Waals surface area contributed by atoms with Crippen LogP contribution in [0.15, 0.2) is 66.2 Å². The number of nitrogens with zero attached hydrogens (tertiary/aromatic N) is 1. The molecule has 2 atom stereocenters. The first kappa shape index (κ1) is 22.7. The SMILES string of the molecule is COc1ccccc1C1/C(=C(\O)c2ccc3c(c2)CC(C)O3)C(=O)C(=O)N1c1cc(C)ccc1C. The van der Waals surface area contributed by atoms with Crippen molar-refractivity contribution in [2.75, 3.05) is 12.0 Å². The van der Waals surface area contributed by atoms with Crippen molar-refractivity contribution in [1.29, 1.82) is 0 Å². The summed E-state index contributed by atoms with van der Waals surface area (Å²) in [6, 6.07) is 17.5. The van der Waals surface area contributed by atoms with Crippen LogP contribution < -0.4 is 14.4 Å². The van der Waals surface area contributed by atoms with Crippen LogP contribution in [0.25, 0.3) is 5.76 Å². The molecule has 0 saturated carbocycles. The van der Waals surface area contributed by atoms with Gasteiger partial charge in [0.15, 0.2) is 0 Å². The van der Waals surface area contributed by atoms with E-state index in [9.17, 15) is 14.7 Å². The van der Waals surface area contributed by atoms with Gasteiger partial charge in [-0.1, -0.05) is 30.3 Å². The molecule has 2 aliphatic heterocycles. The zero-order valence-electron chi connectivity index (χ0n) is 20.2. The summed E-state index contributed by atoms with van der Waals surface area (Å²) in [5, 5.41) is 11.5. The van der Waals surface area contributed by atoms with Crippen LogP contribution >= 0.6 is 0 Å². The van der Waals surface area contributed by atoms with E-state index >= 15 is 0 Å². The monoisotopic (exact) mass is 469 g/mol. The first-order valence-corrected chi connectivity index (χ1v) is 11.6. The molecule has 2 unspecified atom stereocenters. The predicted octanol–water partition coefficient (Wildman–Crippen LogP) is 5.26. The number of benzene rings is 3. The van der Waals surface area contributed by atoms with Crippen LogP contribution in [0.2, 0.25) is 0 Å². The average molecular weight is 470 g/mol. The number of hydrogen-bond acceptors (Lipinski definition) is 5. The Balaban J connectivity index is 1.75. The van der Waals surface area contributed by atoms with Crippen molar-refractivity contribution in [3.05, 3.63) is 94.1 Å². The van der Waals surface area contributed by atoms with Crippen molar-refractivity contribution in [1.82, 2.24) is 0 Å². The van der Waals surface area contributed by atoms with E-state index in [0.717, 1.165) is 22.4 Å². The summed E-state index contributed by atoms with van der Waals surface area (Å²) in [5.74, 6) is -0.337. The Kier molecular flexibility index (Phi) is 5.59. The Morgan fingerprint density at radius 1 is 1.06 bits per heavy atom. The molecule has 2 heterocycles. The highest BCUT2D eigenvalue weighted by atomic mass is 16.5. The number of fused-ring (bicyclic) bond motifs is 1. The first-order chi connectivity index (χ1) is 16.8. The fourth-order valence-electron chi connectivity index (χ4n) is 4.97. The second-order valence-corrected chi connectivity index (χ2v) is 9.16. The molecule has 0 spiro atoms. The topological polar surface area (TPSA) is 76.1 Å². The molecule has 0 aliphatic carbocycles. The molecule has 3 aromatic carbocycles. The van der Waals surface area contributed by atoms with Gasteiger partial charge in [-0.3, -0.25) is 14.5 Å². The molecular weight excluding hydrogens is 442 g/mol. The Morgan fingerprint density at radius 2 is 1.83 bits per heavy atom. The maximum atomic E-state index is 13.5. The number of aryl methyl sites for hydroxylation is 2. The number of amides is 1. The summed E-state index contributed by atoms with van der Waals surface area (Å²) < 4.78 is 11.4. The van der Waals surface area contributed by atoms with Gasteiger partial charge >= 0.3 is 0 Å². The van der Waals surface area contributed by atoms with E-state index in [0.29, 0.717) is 29.0 Å². The van der Waals surface area contributed by atoms with Crippen LogP contribution in [-0.2, 0) is 16.0 Å². The zero-order chi connectivity index (χ0) is 24.9. The number of carbonyl (C=O) groups is 2. The largest absolute Gasteiger partial charge is 0.507 e. The van der Waals surface area contributed by atoms with Crippen LogP contribution in [0.1, 0.15) is 40.8 Å². The molecular formula is C29H27NO5. The molecule has 0 bridgehead atoms. The molecule has 2 aliphatic rings. The van der Waals surface area contributed by atoms with Gasteiger partial charge in [0.2, 0.25) is 0 Å². The number of ether oxygens (including phenoxy) is 2. The van der Waals surface area contributed by atoms with Gasteiger partial charge in [-0.15, -0.1) is 0 Å².